The highest BCUT2D eigenvalue weighted by Gasteiger charge is 2.06. The van der Waals surface area contributed by atoms with Crippen molar-refractivity contribution < 1.29 is 14.3 Å². The lowest BCUT2D eigenvalue weighted by atomic mass is 10.0. The summed E-state index contributed by atoms with van der Waals surface area (Å²) in [4.78, 5) is 11.8. The van der Waals surface area contributed by atoms with Crippen LogP contribution < -0.4 is 4.74 Å². The van der Waals surface area contributed by atoms with Crippen molar-refractivity contribution in [3.63, 3.8) is 0 Å². The fraction of sp³-hybridized carbons (Fsp3) is 0.632. The van der Waals surface area contributed by atoms with E-state index < -0.39 is 0 Å². The molecule has 0 aliphatic carbocycles. The molecule has 1 aromatic rings. The quantitative estimate of drug-likeness (QED) is 0.343. The van der Waals surface area contributed by atoms with Crippen molar-refractivity contribution >= 4 is 5.97 Å². The normalized spacial score (nSPS) is 12.4. The molecule has 1 atom stereocenters. The van der Waals surface area contributed by atoms with Crippen LogP contribution in [0.15, 0.2) is 24.3 Å². The highest BCUT2D eigenvalue weighted by Crippen LogP contribution is 2.19. The van der Waals surface area contributed by atoms with Crippen molar-refractivity contribution in [1.82, 2.24) is 0 Å². The van der Waals surface area contributed by atoms with Gasteiger partial charge in [0.05, 0.1) is 6.10 Å². The van der Waals surface area contributed by atoms with E-state index in [2.05, 4.69) is 27.7 Å². The minimum Gasteiger partial charge on any atom is -0.427 e. The Morgan fingerprint density at radius 3 is 2.32 bits per heavy atom. The van der Waals surface area contributed by atoms with Crippen LogP contribution in [0.5, 0.6) is 5.75 Å². The van der Waals surface area contributed by atoms with Crippen LogP contribution in [0.4, 0.5) is 0 Å². The van der Waals surface area contributed by atoms with Gasteiger partial charge in [0.1, 0.15) is 5.75 Å². The lowest BCUT2D eigenvalue weighted by Gasteiger charge is -2.10. The van der Waals surface area contributed by atoms with Gasteiger partial charge in [-0.3, -0.25) is 4.79 Å². The van der Waals surface area contributed by atoms with E-state index in [-0.39, 0.29) is 5.97 Å². The molecule has 1 rings (SSSR count). The van der Waals surface area contributed by atoms with Crippen LogP contribution in [0.2, 0.25) is 0 Å². The summed E-state index contributed by atoms with van der Waals surface area (Å²) in [6, 6.07) is 7.76. The molecule has 0 saturated carbocycles. The largest absolute Gasteiger partial charge is 0.427 e. The van der Waals surface area contributed by atoms with E-state index in [4.69, 9.17) is 9.47 Å². The summed E-state index contributed by atoms with van der Waals surface area (Å²) in [5.74, 6) is 0.969. The van der Waals surface area contributed by atoms with E-state index in [1.807, 2.05) is 24.3 Å². The molecule has 0 fully saturated rings. The Kier molecular flexibility index (Phi) is 8.83. The Labute approximate surface area is 135 Å². The summed E-state index contributed by atoms with van der Waals surface area (Å²) < 4.78 is 10.9. The Hall–Kier alpha value is -1.35. The molecule has 0 N–H and O–H groups in total. The average molecular weight is 306 g/mol. The minimum absolute atomic E-state index is 0.153. The third-order valence-corrected chi connectivity index (χ3v) is 3.78. The highest BCUT2D eigenvalue weighted by atomic mass is 16.5. The molecule has 3 nitrogen and oxygen atoms in total. The third kappa shape index (κ3) is 7.60. The maximum atomic E-state index is 11.8. The monoisotopic (exact) mass is 306 g/mol. The number of rotatable bonds is 10. The lowest BCUT2D eigenvalue weighted by molar-refractivity contribution is -0.134. The lowest BCUT2D eigenvalue weighted by Crippen LogP contribution is -2.09. The number of ether oxygens (including phenoxy) is 2. The first kappa shape index (κ1) is 18.7. The predicted octanol–water partition coefficient (Wildman–Crippen LogP) is 5.09. The zero-order valence-electron chi connectivity index (χ0n) is 14.4. The fourth-order valence-electron chi connectivity index (χ4n) is 2.05. The summed E-state index contributed by atoms with van der Waals surface area (Å²) in [7, 11) is 0. The van der Waals surface area contributed by atoms with Crippen molar-refractivity contribution in [2.75, 3.05) is 6.61 Å². The Balaban J connectivity index is 2.15. The topological polar surface area (TPSA) is 35.5 Å². The molecule has 0 bridgehead atoms. The maximum absolute atomic E-state index is 11.8. The summed E-state index contributed by atoms with van der Waals surface area (Å²) >= 11 is 0. The van der Waals surface area contributed by atoms with Gasteiger partial charge in [0.25, 0.3) is 0 Å². The summed E-state index contributed by atoms with van der Waals surface area (Å²) in [6.45, 7) is 9.27. The molecule has 0 aliphatic heterocycles. The second-order valence-corrected chi connectivity index (χ2v) is 6.10. The summed E-state index contributed by atoms with van der Waals surface area (Å²) in [6.07, 6.45) is 4.70. The number of hydrogen-bond donors (Lipinski definition) is 0. The standard InChI is InChI=1S/C19H30O3/c1-5-16(4)21-14-8-6-7-9-19(20)22-18-12-10-17(11-13-18)15(2)3/h10-13,15-16H,5-9,14H2,1-4H3. The van der Waals surface area contributed by atoms with Crippen molar-refractivity contribution in [3.8, 4) is 5.75 Å². The molecule has 3 heteroatoms. The second kappa shape index (κ2) is 10.4. The van der Waals surface area contributed by atoms with Gasteiger partial charge in [0, 0.05) is 13.0 Å². The van der Waals surface area contributed by atoms with Crippen molar-refractivity contribution in [3.05, 3.63) is 29.8 Å². The second-order valence-electron chi connectivity index (χ2n) is 6.10. The zero-order valence-corrected chi connectivity index (χ0v) is 14.4. The molecule has 0 saturated heterocycles. The SMILES string of the molecule is CCC(C)OCCCCCC(=O)Oc1ccc(C(C)C)cc1. The van der Waals surface area contributed by atoms with Crippen LogP contribution in [0.3, 0.4) is 0 Å². The van der Waals surface area contributed by atoms with E-state index >= 15 is 0 Å². The molecule has 0 spiro atoms. The van der Waals surface area contributed by atoms with E-state index in [0.717, 1.165) is 32.3 Å². The molecule has 1 unspecified atom stereocenters. The zero-order chi connectivity index (χ0) is 16.4. The Morgan fingerprint density at radius 2 is 1.73 bits per heavy atom. The van der Waals surface area contributed by atoms with Crippen LogP contribution in [-0.4, -0.2) is 18.7 Å². The van der Waals surface area contributed by atoms with Gasteiger partial charge in [0.2, 0.25) is 0 Å². The van der Waals surface area contributed by atoms with Crippen LogP contribution in [0, 0.1) is 0 Å². The molecule has 0 heterocycles. The number of carbonyl (C=O) groups is 1. The molecule has 22 heavy (non-hydrogen) atoms. The van der Waals surface area contributed by atoms with Crippen molar-refractivity contribution in [2.45, 2.75) is 71.8 Å². The van der Waals surface area contributed by atoms with Crippen molar-refractivity contribution in [1.29, 1.82) is 0 Å². The van der Waals surface area contributed by atoms with Crippen LogP contribution in [0.1, 0.15) is 71.3 Å². The van der Waals surface area contributed by atoms with E-state index in [1.165, 1.54) is 5.56 Å². The first-order valence-electron chi connectivity index (χ1n) is 8.45. The summed E-state index contributed by atoms with van der Waals surface area (Å²) in [5.41, 5.74) is 1.25. The summed E-state index contributed by atoms with van der Waals surface area (Å²) in [5, 5.41) is 0. The Morgan fingerprint density at radius 1 is 1.05 bits per heavy atom. The van der Waals surface area contributed by atoms with Crippen LogP contribution in [-0.2, 0) is 9.53 Å². The van der Waals surface area contributed by atoms with Gasteiger partial charge in [-0.05, 0) is 49.8 Å². The minimum atomic E-state index is -0.153. The average Bonchev–Trinajstić information content (AvgIpc) is 2.50. The Bertz CT molecular complexity index is 423. The van der Waals surface area contributed by atoms with E-state index in [1.54, 1.807) is 0 Å². The predicted molar refractivity (Wildman–Crippen MR) is 90.3 cm³/mol. The van der Waals surface area contributed by atoms with E-state index in [9.17, 15) is 4.79 Å². The fourth-order valence-corrected chi connectivity index (χ4v) is 2.05. The molecular formula is C19H30O3. The maximum Gasteiger partial charge on any atom is 0.311 e. The molecule has 0 radical (unpaired) electrons. The first-order chi connectivity index (χ1) is 10.5. The van der Waals surface area contributed by atoms with Gasteiger partial charge in [0.15, 0.2) is 0 Å². The van der Waals surface area contributed by atoms with Gasteiger partial charge in [-0.25, -0.2) is 0 Å². The molecule has 124 valence electrons. The molecule has 1 aromatic carbocycles. The molecule has 0 amide bonds. The third-order valence-electron chi connectivity index (χ3n) is 3.78. The number of esters is 1. The number of benzene rings is 1. The van der Waals surface area contributed by atoms with Crippen molar-refractivity contribution in [2.24, 2.45) is 0 Å². The number of unbranched alkanes of at least 4 members (excludes halogenated alkanes) is 2. The van der Waals surface area contributed by atoms with Gasteiger partial charge in [-0.2, -0.15) is 0 Å². The number of carbonyl (C=O) groups excluding carboxylic acids is 1. The number of hydrogen-bond acceptors (Lipinski definition) is 3. The van der Waals surface area contributed by atoms with Crippen LogP contribution in [0.25, 0.3) is 0 Å². The smallest absolute Gasteiger partial charge is 0.311 e. The highest BCUT2D eigenvalue weighted by molar-refractivity contribution is 5.72. The van der Waals surface area contributed by atoms with Gasteiger partial charge >= 0.3 is 5.97 Å². The first-order valence-corrected chi connectivity index (χ1v) is 8.45. The molecular weight excluding hydrogens is 276 g/mol. The van der Waals surface area contributed by atoms with Crippen LogP contribution >= 0.6 is 0 Å². The van der Waals surface area contributed by atoms with Gasteiger partial charge in [-0.15, -0.1) is 0 Å². The van der Waals surface area contributed by atoms with Gasteiger partial charge < -0.3 is 9.47 Å². The van der Waals surface area contributed by atoms with Gasteiger partial charge in [-0.1, -0.05) is 39.3 Å². The molecule has 0 aromatic heterocycles. The molecule has 0 aliphatic rings. The van der Waals surface area contributed by atoms with E-state index in [0.29, 0.717) is 24.2 Å².